The van der Waals surface area contributed by atoms with Crippen molar-refractivity contribution in [2.45, 2.75) is 25.8 Å². The van der Waals surface area contributed by atoms with Crippen LogP contribution in [0.2, 0.25) is 0 Å². The van der Waals surface area contributed by atoms with Gasteiger partial charge in [-0.25, -0.2) is 5.06 Å². The van der Waals surface area contributed by atoms with E-state index in [0.29, 0.717) is 38.1 Å². The van der Waals surface area contributed by atoms with Crippen molar-refractivity contribution in [1.82, 2.24) is 14.8 Å². The summed E-state index contributed by atoms with van der Waals surface area (Å²) in [5.41, 5.74) is 7.69. The van der Waals surface area contributed by atoms with Gasteiger partial charge in [0.05, 0.1) is 18.8 Å². The van der Waals surface area contributed by atoms with Gasteiger partial charge in [0.2, 0.25) is 5.91 Å². The van der Waals surface area contributed by atoms with Gasteiger partial charge in [0.1, 0.15) is 5.69 Å². The van der Waals surface area contributed by atoms with Gasteiger partial charge in [-0.15, -0.1) is 0 Å². The van der Waals surface area contributed by atoms with Crippen LogP contribution in [0.3, 0.4) is 0 Å². The van der Waals surface area contributed by atoms with E-state index >= 15 is 0 Å². The summed E-state index contributed by atoms with van der Waals surface area (Å²) in [4.78, 5) is 28.9. The Morgan fingerprint density at radius 3 is 3.05 bits per heavy atom. The van der Waals surface area contributed by atoms with Gasteiger partial charge in [-0.2, -0.15) is 5.10 Å². The number of nitrogens with zero attached hydrogens (tertiary/aromatic N) is 3. The average Bonchev–Trinajstić information content (AvgIpc) is 2.68. The molecule has 2 N–H and O–H groups in total. The molecular formula is C12H16N4O3. The summed E-state index contributed by atoms with van der Waals surface area (Å²) in [6, 6.07) is 0. The minimum Gasteiger partial charge on any atom is -0.369 e. The molecule has 2 heterocycles. The normalized spacial score (nSPS) is 22.7. The Bertz CT molecular complexity index is 551. The zero-order valence-electron chi connectivity index (χ0n) is 10.8. The van der Waals surface area contributed by atoms with Crippen LogP contribution in [-0.4, -0.2) is 40.3 Å². The van der Waals surface area contributed by atoms with Gasteiger partial charge in [0.15, 0.2) is 0 Å². The number of nitrogens with two attached hydrogens (primary N) is 1. The number of aryl methyl sites for hydroxylation is 1. The standard InChI is InChI=1S/C12H16N4O3/c1-15-12(18)10-8-6-7(11(13)17)2-3-9(8)14-16(10)4-5-19-15/h7H,2-6H2,1H3,(H2,13,17). The Hall–Kier alpha value is -1.89. The Kier molecular flexibility index (Phi) is 2.78. The van der Waals surface area contributed by atoms with Crippen LogP contribution in [0.25, 0.3) is 0 Å². The van der Waals surface area contributed by atoms with Crippen molar-refractivity contribution >= 4 is 11.8 Å². The van der Waals surface area contributed by atoms with Crippen LogP contribution in [-0.2, 0) is 29.0 Å². The minimum atomic E-state index is -0.309. The first-order valence-corrected chi connectivity index (χ1v) is 6.36. The Morgan fingerprint density at radius 1 is 1.53 bits per heavy atom. The van der Waals surface area contributed by atoms with Crippen molar-refractivity contribution in [1.29, 1.82) is 0 Å². The van der Waals surface area contributed by atoms with Crippen molar-refractivity contribution in [3.8, 4) is 0 Å². The largest absolute Gasteiger partial charge is 0.369 e. The minimum absolute atomic E-state index is 0.205. The topological polar surface area (TPSA) is 90.4 Å². The van der Waals surface area contributed by atoms with Gasteiger partial charge >= 0.3 is 0 Å². The highest BCUT2D eigenvalue weighted by molar-refractivity contribution is 5.94. The highest BCUT2D eigenvalue weighted by atomic mass is 16.7. The molecule has 1 aliphatic carbocycles. The molecule has 0 saturated carbocycles. The predicted molar refractivity (Wildman–Crippen MR) is 65.0 cm³/mol. The lowest BCUT2D eigenvalue weighted by Gasteiger charge is -2.20. The molecule has 0 saturated heterocycles. The summed E-state index contributed by atoms with van der Waals surface area (Å²) >= 11 is 0. The fourth-order valence-corrected chi connectivity index (χ4v) is 2.74. The molecule has 7 heteroatoms. The molecule has 1 atom stereocenters. The number of carbonyl (C=O) groups excluding carboxylic acids is 2. The summed E-state index contributed by atoms with van der Waals surface area (Å²) < 4.78 is 1.69. The van der Waals surface area contributed by atoms with E-state index in [1.54, 1.807) is 11.7 Å². The van der Waals surface area contributed by atoms with E-state index in [1.807, 2.05) is 0 Å². The molecule has 2 aliphatic rings. The van der Waals surface area contributed by atoms with Gasteiger partial charge in [-0.05, 0) is 19.3 Å². The highest BCUT2D eigenvalue weighted by Crippen LogP contribution is 2.29. The lowest BCUT2D eigenvalue weighted by Crippen LogP contribution is -2.31. The summed E-state index contributed by atoms with van der Waals surface area (Å²) in [7, 11) is 1.59. The van der Waals surface area contributed by atoms with E-state index < -0.39 is 0 Å². The van der Waals surface area contributed by atoms with Gasteiger partial charge in [-0.1, -0.05) is 0 Å². The van der Waals surface area contributed by atoms with E-state index in [4.69, 9.17) is 10.6 Å². The second kappa shape index (κ2) is 4.34. The molecule has 1 aliphatic heterocycles. The number of carbonyl (C=O) groups is 2. The molecule has 2 amide bonds. The number of hydrogen-bond acceptors (Lipinski definition) is 4. The molecule has 3 rings (SSSR count). The van der Waals surface area contributed by atoms with Crippen LogP contribution in [0.15, 0.2) is 0 Å². The summed E-state index contributed by atoms with van der Waals surface area (Å²) in [6.07, 6.45) is 1.90. The van der Waals surface area contributed by atoms with Crippen molar-refractivity contribution in [2.24, 2.45) is 11.7 Å². The molecular weight excluding hydrogens is 248 g/mol. The van der Waals surface area contributed by atoms with Crippen molar-refractivity contribution in [2.75, 3.05) is 13.7 Å². The molecule has 0 spiro atoms. The SMILES string of the molecule is CN1OCCn2nc3c(c2C1=O)CC(C(N)=O)CC3. The van der Waals surface area contributed by atoms with E-state index in [-0.39, 0.29) is 17.7 Å². The zero-order chi connectivity index (χ0) is 13.6. The second-order valence-corrected chi connectivity index (χ2v) is 4.97. The monoisotopic (exact) mass is 264 g/mol. The van der Waals surface area contributed by atoms with Crippen molar-refractivity contribution in [3.63, 3.8) is 0 Å². The lowest BCUT2D eigenvalue weighted by atomic mass is 9.86. The van der Waals surface area contributed by atoms with E-state index in [1.165, 1.54) is 5.06 Å². The first-order valence-electron chi connectivity index (χ1n) is 6.36. The van der Waals surface area contributed by atoms with Crippen LogP contribution in [0.5, 0.6) is 0 Å². The molecule has 1 aromatic heterocycles. The van der Waals surface area contributed by atoms with Gasteiger partial charge < -0.3 is 5.73 Å². The molecule has 102 valence electrons. The molecule has 19 heavy (non-hydrogen) atoms. The number of hydrogen-bond donors (Lipinski definition) is 1. The summed E-state index contributed by atoms with van der Waals surface area (Å²) in [5, 5.41) is 5.70. The van der Waals surface area contributed by atoms with Crippen LogP contribution in [0.1, 0.15) is 28.2 Å². The number of hydroxylamine groups is 2. The van der Waals surface area contributed by atoms with Crippen LogP contribution >= 0.6 is 0 Å². The summed E-state index contributed by atoms with van der Waals surface area (Å²) in [6.45, 7) is 0.953. The maximum absolute atomic E-state index is 12.3. The van der Waals surface area contributed by atoms with Crippen LogP contribution in [0, 0.1) is 5.92 Å². The fraction of sp³-hybridized carbons (Fsp3) is 0.583. The Morgan fingerprint density at radius 2 is 2.32 bits per heavy atom. The van der Waals surface area contributed by atoms with Gasteiger partial charge in [0, 0.05) is 18.5 Å². The molecule has 0 fully saturated rings. The van der Waals surface area contributed by atoms with E-state index in [9.17, 15) is 9.59 Å². The third-order valence-corrected chi connectivity index (χ3v) is 3.79. The van der Waals surface area contributed by atoms with Crippen molar-refractivity contribution in [3.05, 3.63) is 17.0 Å². The lowest BCUT2D eigenvalue weighted by molar-refractivity contribution is -0.122. The Balaban J connectivity index is 2.04. The fourth-order valence-electron chi connectivity index (χ4n) is 2.74. The second-order valence-electron chi connectivity index (χ2n) is 4.97. The molecule has 1 aromatic rings. The first-order chi connectivity index (χ1) is 9.08. The maximum Gasteiger partial charge on any atom is 0.295 e. The molecule has 7 nitrogen and oxygen atoms in total. The number of rotatable bonds is 1. The highest BCUT2D eigenvalue weighted by Gasteiger charge is 2.33. The van der Waals surface area contributed by atoms with Gasteiger partial charge in [0.25, 0.3) is 5.91 Å². The quantitative estimate of drug-likeness (QED) is 0.739. The van der Waals surface area contributed by atoms with Crippen LogP contribution in [0.4, 0.5) is 0 Å². The predicted octanol–water partition coefficient (Wildman–Crippen LogP) is -0.509. The smallest absolute Gasteiger partial charge is 0.295 e. The first kappa shape index (κ1) is 12.2. The Labute approximate surface area is 110 Å². The van der Waals surface area contributed by atoms with Crippen LogP contribution < -0.4 is 5.73 Å². The molecule has 0 aromatic carbocycles. The number of amides is 2. The molecule has 0 bridgehead atoms. The zero-order valence-corrected chi connectivity index (χ0v) is 10.8. The van der Waals surface area contributed by atoms with E-state index in [2.05, 4.69) is 5.10 Å². The third kappa shape index (κ3) is 1.90. The van der Waals surface area contributed by atoms with Crippen molar-refractivity contribution < 1.29 is 14.4 Å². The number of aromatic nitrogens is 2. The number of primary amides is 1. The third-order valence-electron chi connectivity index (χ3n) is 3.79. The summed E-state index contributed by atoms with van der Waals surface area (Å²) in [5.74, 6) is -0.726. The molecule has 0 radical (unpaired) electrons. The van der Waals surface area contributed by atoms with E-state index in [0.717, 1.165) is 11.3 Å². The maximum atomic E-state index is 12.3. The average molecular weight is 264 g/mol. The van der Waals surface area contributed by atoms with Gasteiger partial charge in [-0.3, -0.25) is 19.1 Å². The number of fused-ring (bicyclic) bond motifs is 3. The molecule has 1 unspecified atom stereocenters.